The van der Waals surface area contributed by atoms with Crippen LogP contribution in [0.5, 0.6) is 0 Å². The largest absolute Gasteiger partial charge is 0.329 e. The van der Waals surface area contributed by atoms with E-state index in [2.05, 4.69) is 66.3 Å². The van der Waals surface area contributed by atoms with Crippen molar-refractivity contribution in [2.45, 2.75) is 47.1 Å². The van der Waals surface area contributed by atoms with Gasteiger partial charge in [0.1, 0.15) is 11.5 Å². The number of aromatic nitrogens is 3. The molecular formula is C14H20BrN3. The highest BCUT2D eigenvalue weighted by Crippen LogP contribution is 2.29. The molecule has 0 fully saturated rings. The van der Waals surface area contributed by atoms with Gasteiger partial charge in [-0.15, -0.1) is 0 Å². The molecule has 2 aromatic rings. The fourth-order valence-corrected chi connectivity index (χ4v) is 2.86. The van der Waals surface area contributed by atoms with Gasteiger partial charge in [-0.2, -0.15) is 0 Å². The topological polar surface area (TPSA) is 30.7 Å². The maximum absolute atomic E-state index is 4.74. The Morgan fingerprint density at radius 2 is 1.89 bits per heavy atom. The van der Waals surface area contributed by atoms with Gasteiger partial charge in [0, 0.05) is 23.1 Å². The third kappa shape index (κ3) is 2.44. The fraction of sp³-hybridized carbons (Fsp3) is 0.571. The van der Waals surface area contributed by atoms with E-state index in [-0.39, 0.29) is 0 Å². The summed E-state index contributed by atoms with van der Waals surface area (Å²) >= 11 is 3.61. The highest BCUT2D eigenvalue weighted by atomic mass is 79.9. The molecule has 0 saturated carbocycles. The van der Waals surface area contributed by atoms with Crippen LogP contribution in [0.25, 0.3) is 11.0 Å². The average Bonchev–Trinajstić information content (AvgIpc) is 2.55. The van der Waals surface area contributed by atoms with Crippen LogP contribution in [0.4, 0.5) is 0 Å². The van der Waals surface area contributed by atoms with Gasteiger partial charge in [-0.25, -0.2) is 9.97 Å². The van der Waals surface area contributed by atoms with Crippen LogP contribution in [0.1, 0.15) is 45.3 Å². The maximum atomic E-state index is 4.74. The van der Waals surface area contributed by atoms with Crippen LogP contribution in [0.3, 0.4) is 0 Å². The first-order valence-corrected chi connectivity index (χ1v) is 7.23. The van der Waals surface area contributed by atoms with E-state index < -0.39 is 0 Å². The first-order valence-electron chi connectivity index (χ1n) is 6.43. The van der Waals surface area contributed by atoms with Crippen molar-refractivity contribution in [3.05, 3.63) is 22.2 Å². The second kappa shape index (κ2) is 5.00. The Morgan fingerprint density at radius 3 is 2.44 bits per heavy atom. The molecule has 0 unspecified atom stereocenters. The van der Waals surface area contributed by atoms with E-state index in [0.29, 0.717) is 12.0 Å². The van der Waals surface area contributed by atoms with Gasteiger partial charge in [0.15, 0.2) is 0 Å². The molecule has 0 atom stereocenters. The van der Waals surface area contributed by atoms with Crippen molar-refractivity contribution >= 4 is 27.0 Å². The molecule has 0 radical (unpaired) electrons. The molecule has 18 heavy (non-hydrogen) atoms. The van der Waals surface area contributed by atoms with Crippen LogP contribution in [0.15, 0.2) is 10.7 Å². The molecule has 3 nitrogen and oxygen atoms in total. The van der Waals surface area contributed by atoms with Crippen LogP contribution in [-0.2, 0) is 6.42 Å². The summed E-state index contributed by atoms with van der Waals surface area (Å²) in [5, 5.41) is 1.14. The smallest absolute Gasteiger partial charge is 0.145 e. The summed E-state index contributed by atoms with van der Waals surface area (Å²) in [7, 11) is 0. The van der Waals surface area contributed by atoms with Crippen LogP contribution >= 0.6 is 15.9 Å². The van der Waals surface area contributed by atoms with Crippen LogP contribution in [0.2, 0.25) is 0 Å². The fourth-order valence-electron chi connectivity index (χ4n) is 2.18. The predicted molar refractivity (Wildman–Crippen MR) is 78.9 cm³/mol. The Hall–Kier alpha value is -0.900. The van der Waals surface area contributed by atoms with Gasteiger partial charge < -0.3 is 4.57 Å². The zero-order valence-electron chi connectivity index (χ0n) is 11.7. The molecule has 2 aromatic heterocycles. The number of halogens is 1. The molecule has 0 aliphatic rings. The Balaban J connectivity index is 2.65. The molecule has 0 aromatic carbocycles. The first-order chi connectivity index (χ1) is 8.40. The van der Waals surface area contributed by atoms with Crippen LogP contribution in [-0.4, -0.2) is 14.5 Å². The van der Waals surface area contributed by atoms with Gasteiger partial charge >= 0.3 is 0 Å². The molecule has 2 heterocycles. The van der Waals surface area contributed by atoms with Gasteiger partial charge in [0.2, 0.25) is 0 Å². The maximum Gasteiger partial charge on any atom is 0.145 e. The molecule has 2 rings (SSSR count). The van der Waals surface area contributed by atoms with Crippen LogP contribution in [0, 0.1) is 12.8 Å². The summed E-state index contributed by atoms with van der Waals surface area (Å²) < 4.78 is 3.29. The summed E-state index contributed by atoms with van der Waals surface area (Å²) in [5.74, 6) is 1.52. The molecule has 0 N–H and O–H groups in total. The van der Waals surface area contributed by atoms with Crippen molar-refractivity contribution in [1.29, 1.82) is 0 Å². The highest BCUT2D eigenvalue weighted by Gasteiger charge is 2.15. The molecule has 4 heteroatoms. The van der Waals surface area contributed by atoms with Crippen molar-refractivity contribution in [3.63, 3.8) is 0 Å². The SMILES string of the molecule is Cc1nc(CC(C)C)nc2c1c(Br)cn2C(C)C. The standard InChI is InChI=1S/C14H20BrN3/c1-8(2)6-12-16-10(5)13-11(15)7-18(9(3)4)14(13)17-12/h7-9H,6H2,1-5H3. The Bertz CT molecular complexity index is 570. The van der Waals surface area contributed by atoms with Crippen molar-refractivity contribution in [1.82, 2.24) is 14.5 Å². The second-order valence-corrected chi connectivity index (χ2v) is 6.35. The number of hydrogen-bond acceptors (Lipinski definition) is 2. The van der Waals surface area contributed by atoms with E-state index in [0.717, 1.165) is 33.4 Å². The molecule has 0 aliphatic heterocycles. The lowest BCUT2D eigenvalue weighted by molar-refractivity contribution is 0.603. The lowest BCUT2D eigenvalue weighted by Gasteiger charge is -2.10. The van der Waals surface area contributed by atoms with E-state index >= 15 is 0 Å². The molecular weight excluding hydrogens is 290 g/mol. The summed E-state index contributed by atoms with van der Waals surface area (Å²) in [5.41, 5.74) is 2.10. The van der Waals surface area contributed by atoms with Gasteiger partial charge in [-0.3, -0.25) is 0 Å². The van der Waals surface area contributed by atoms with Crippen molar-refractivity contribution in [2.24, 2.45) is 5.92 Å². The molecule has 0 aliphatic carbocycles. The first kappa shape index (κ1) is 13.5. The summed E-state index contributed by atoms with van der Waals surface area (Å²) in [6.07, 6.45) is 3.04. The minimum absolute atomic E-state index is 0.403. The zero-order valence-corrected chi connectivity index (χ0v) is 13.2. The molecule has 0 bridgehead atoms. The van der Waals surface area contributed by atoms with E-state index in [1.165, 1.54) is 0 Å². The number of aryl methyl sites for hydroxylation is 1. The number of rotatable bonds is 3. The van der Waals surface area contributed by atoms with Crippen LogP contribution < -0.4 is 0 Å². The normalized spacial score (nSPS) is 12.0. The van der Waals surface area contributed by atoms with Gasteiger partial charge in [0.25, 0.3) is 0 Å². The Kier molecular flexibility index (Phi) is 3.76. The summed E-state index contributed by atoms with van der Waals surface area (Å²) in [6, 6.07) is 0.403. The van der Waals surface area contributed by atoms with Gasteiger partial charge in [0.05, 0.1) is 11.1 Å². The number of fused-ring (bicyclic) bond motifs is 1. The third-order valence-electron chi connectivity index (χ3n) is 3.00. The van der Waals surface area contributed by atoms with E-state index in [9.17, 15) is 0 Å². The molecule has 0 spiro atoms. The highest BCUT2D eigenvalue weighted by molar-refractivity contribution is 9.10. The number of hydrogen-bond donors (Lipinski definition) is 0. The minimum Gasteiger partial charge on any atom is -0.329 e. The minimum atomic E-state index is 0.403. The summed E-state index contributed by atoms with van der Waals surface area (Å²) in [6.45, 7) is 10.8. The third-order valence-corrected chi connectivity index (χ3v) is 3.60. The second-order valence-electron chi connectivity index (χ2n) is 5.50. The molecule has 0 saturated heterocycles. The average molecular weight is 310 g/mol. The lowest BCUT2D eigenvalue weighted by Crippen LogP contribution is -2.06. The zero-order chi connectivity index (χ0) is 13.4. The van der Waals surface area contributed by atoms with E-state index in [1.807, 2.05) is 0 Å². The molecule has 98 valence electrons. The number of nitrogens with zero attached hydrogens (tertiary/aromatic N) is 3. The van der Waals surface area contributed by atoms with Gasteiger partial charge in [-0.1, -0.05) is 13.8 Å². The predicted octanol–water partition coefficient (Wildman–Crippen LogP) is 4.28. The quantitative estimate of drug-likeness (QED) is 0.847. The van der Waals surface area contributed by atoms with Gasteiger partial charge in [-0.05, 0) is 42.6 Å². The molecule has 0 amide bonds. The lowest BCUT2D eigenvalue weighted by atomic mass is 10.1. The Labute approximate surface area is 117 Å². The van der Waals surface area contributed by atoms with E-state index in [1.54, 1.807) is 0 Å². The Morgan fingerprint density at radius 1 is 1.22 bits per heavy atom. The monoisotopic (exact) mass is 309 g/mol. The summed E-state index contributed by atoms with van der Waals surface area (Å²) in [4.78, 5) is 9.36. The van der Waals surface area contributed by atoms with Crippen molar-refractivity contribution in [2.75, 3.05) is 0 Å². The van der Waals surface area contributed by atoms with E-state index in [4.69, 9.17) is 4.98 Å². The van der Waals surface area contributed by atoms with Crippen molar-refractivity contribution in [3.8, 4) is 0 Å². The van der Waals surface area contributed by atoms with Crippen molar-refractivity contribution < 1.29 is 0 Å².